The van der Waals surface area contributed by atoms with Crippen molar-refractivity contribution >= 4 is 29.3 Å². The molecule has 0 aromatic heterocycles. The topological polar surface area (TPSA) is 62.3 Å². The maximum atomic E-state index is 9.91. The van der Waals surface area contributed by atoms with Crippen molar-refractivity contribution < 1.29 is 4.74 Å². The summed E-state index contributed by atoms with van der Waals surface area (Å²) in [6.07, 6.45) is 2.04. The molecule has 2 heterocycles. The summed E-state index contributed by atoms with van der Waals surface area (Å²) in [5.41, 5.74) is 10.3. The van der Waals surface area contributed by atoms with Crippen LogP contribution in [0.2, 0.25) is 10.0 Å². The van der Waals surface area contributed by atoms with Gasteiger partial charge in [0.25, 0.3) is 0 Å². The smallest absolute Gasteiger partial charge is 0.205 e. The Morgan fingerprint density at radius 3 is 2.42 bits per heavy atom. The Morgan fingerprint density at radius 2 is 1.77 bits per heavy atom. The Bertz CT molecular complexity index is 1160. The minimum atomic E-state index is -0.362. The van der Waals surface area contributed by atoms with Gasteiger partial charge in [-0.3, -0.25) is 4.90 Å². The van der Waals surface area contributed by atoms with Crippen molar-refractivity contribution in [2.45, 2.75) is 25.8 Å². The van der Waals surface area contributed by atoms with E-state index in [4.69, 9.17) is 33.7 Å². The Hall–Kier alpha value is -2.71. The van der Waals surface area contributed by atoms with Crippen LogP contribution in [0.3, 0.4) is 0 Å². The first-order valence-electron chi connectivity index (χ1n) is 10.1. The zero-order valence-corrected chi connectivity index (χ0v) is 18.9. The summed E-state index contributed by atoms with van der Waals surface area (Å²) < 4.78 is 6.07. The SMILES string of the molecule is CC(C)N1CC2=C(OC(N)=C(C#N)[C@H]2c2ccccc2Cl)/C(=C/c2ccccc2Cl)C1. The average molecular weight is 452 g/mol. The molecule has 0 bridgehead atoms. The molecule has 0 unspecified atom stereocenters. The van der Waals surface area contributed by atoms with Gasteiger partial charge < -0.3 is 10.5 Å². The molecule has 0 saturated carbocycles. The van der Waals surface area contributed by atoms with Crippen LogP contribution in [0.25, 0.3) is 6.08 Å². The molecule has 0 radical (unpaired) electrons. The van der Waals surface area contributed by atoms with Crippen LogP contribution in [0, 0.1) is 11.3 Å². The first kappa shape index (κ1) is 21.5. The molecule has 1 atom stereocenters. The summed E-state index contributed by atoms with van der Waals surface area (Å²) in [6, 6.07) is 17.8. The highest BCUT2D eigenvalue weighted by atomic mass is 35.5. The molecule has 4 rings (SSSR count). The van der Waals surface area contributed by atoms with Crippen LogP contribution in [0.15, 0.2) is 76.9 Å². The molecule has 6 heteroatoms. The number of hydrogen-bond donors (Lipinski definition) is 1. The van der Waals surface area contributed by atoms with Crippen molar-refractivity contribution in [1.29, 1.82) is 5.26 Å². The van der Waals surface area contributed by atoms with Crippen LogP contribution >= 0.6 is 23.2 Å². The number of halogens is 2. The highest BCUT2D eigenvalue weighted by Gasteiger charge is 2.39. The lowest BCUT2D eigenvalue weighted by molar-refractivity contribution is 0.208. The molecule has 4 nitrogen and oxygen atoms in total. The van der Waals surface area contributed by atoms with Gasteiger partial charge in [0.15, 0.2) is 0 Å². The predicted octanol–water partition coefficient (Wildman–Crippen LogP) is 5.86. The molecule has 0 spiro atoms. The molecule has 0 fully saturated rings. The number of nitrogens with zero attached hydrogens (tertiary/aromatic N) is 2. The van der Waals surface area contributed by atoms with Crippen LogP contribution in [0.5, 0.6) is 0 Å². The zero-order valence-electron chi connectivity index (χ0n) is 17.4. The summed E-state index contributed by atoms with van der Waals surface area (Å²) in [5, 5.41) is 11.2. The summed E-state index contributed by atoms with van der Waals surface area (Å²) in [7, 11) is 0. The average Bonchev–Trinajstić information content (AvgIpc) is 2.75. The van der Waals surface area contributed by atoms with Gasteiger partial charge in [0.05, 0.1) is 5.92 Å². The Balaban J connectivity index is 1.93. The van der Waals surface area contributed by atoms with Gasteiger partial charge in [-0.15, -0.1) is 0 Å². The van der Waals surface area contributed by atoms with Crippen LogP contribution < -0.4 is 5.73 Å². The fourth-order valence-corrected chi connectivity index (χ4v) is 4.54. The van der Waals surface area contributed by atoms with E-state index in [0.29, 0.717) is 40.5 Å². The fraction of sp³-hybridized carbons (Fsp3) is 0.240. The standard InChI is InChI=1S/C25H23Cl2N3O/c1-15(2)30-13-17(11-16-7-3-5-9-21(16)26)24-20(14-30)23(19(12-28)25(29)31-24)18-8-4-6-10-22(18)27/h3-11,15,23H,13-14,29H2,1-2H3/b17-11+/t23-/m1/s1. The maximum Gasteiger partial charge on any atom is 0.205 e. The zero-order chi connectivity index (χ0) is 22.1. The lowest BCUT2D eigenvalue weighted by Gasteiger charge is -2.40. The maximum absolute atomic E-state index is 9.91. The number of ether oxygens (including phenoxy) is 1. The highest BCUT2D eigenvalue weighted by Crippen LogP contribution is 2.45. The monoisotopic (exact) mass is 451 g/mol. The third-order valence-corrected chi connectivity index (χ3v) is 6.44. The number of benzene rings is 2. The molecule has 2 aliphatic rings. The van der Waals surface area contributed by atoms with E-state index >= 15 is 0 Å². The van der Waals surface area contributed by atoms with Crippen LogP contribution in [-0.2, 0) is 4.74 Å². The summed E-state index contributed by atoms with van der Waals surface area (Å²) in [5.74, 6) is 0.464. The molecular formula is C25H23Cl2N3O. The molecule has 2 aliphatic heterocycles. The second-order valence-electron chi connectivity index (χ2n) is 7.99. The van der Waals surface area contributed by atoms with Crippen molar-refractivity contribution in [3.05, 3.63) is 98.1 Å². The van der Waals surface area contributed by atoms with E-state index < -0.39 is 0 Å². The molecule has 31 heavy (non-hydrogen) atoms. The van der Waals surface area contributed by atoms with Crippen molar-refractivity contribution in [2.75, 3.05) is 13.1 Å². The second kappa shape index (κ2) is 8.80. The van der Waals surface area contributed by atoms with Gasteiger partial charge in [-0.25, -0.2) is 0 Å². The lowest BCUT2D eigenvalue weighted by atomic mass is 9.80. The Labute approximate surface area is 192 Å². The minimum absolute atomic E-state index is 0.120. The summed E-state index contributed by atoms with van der Waals surface area (Å²) in [4.78, 5) is 2.34. The van der Waals surface area contributed by atoms with Gasteiger partial charge in [0, 0.05) is 34.7 Å². The van der Waals surface area contributed by atoms with E-state index in [-0.39, 0.29) is 11.8 Å². The molecule has 0 amide bonds. The highest BCUT2D eigenvalue weighted by molar-refractivity contribution is 6.32. The molecule has 0 aliphatic carbocycles. The molecule has 158 valence electrons. The van der Waals surface area contributed by atoms with Crippen LogP contribution in [-0.4, -0.2) is 24.0 Å². The van der Waals surface area contributed by atoms with E-state index in [9.17, 15) is 5.26 Å². The number of nitriles is 1. The van der Waals surface area contributed by atoms with Gasteiger partial charge in [-0.05, 0) is 48.8 Å². The molecule has 2 aromatic carbocycles. The minimum Gasteiger partial charge on any atom is -0.440 e. The van der Waals surface area contributed by atoms with E-state index in [1.165, 1.54) is 0 Å². The third-order valence-electron chi connectivity index (χ3n) is 5.75. The van der Waals surface area contributed by atoms with Crippen LogP contribution in [0.1, 0.15) is 30.9 Å². The van der Waals surface area contributed by atoms with Gasteiger partial charge in [0.2, 0.25) is 5.88 Å². The second-order valence-corrected chi connectivity index (χ2v) is 8.80. The molecule has 2 N–H and O–H groups in total. The summed E-state index contributed by atoms with van der Waals surface area (Å²) >= 11 is 13.0. The number of rotatable bonds is 3. The predicted molar refractivity (Wildman–Crippen MR) is 125 cm³/mol. The van der Waals surface area contributed by atoms with Gasteiger partial charge >= 0.3 is 0 Å². The van der Waals surface area contributed by atoms with Crippen molar-refractivity contribution in [1.82, 2.24) is 4.90 Å². The summed E-state index contributed by atoms with van der Waals surface area (Å²) in [6.45, 7) is 5.65. The van der Waals surface area contributed by atoms with Crippen LogP contribution in [0.4, 0.5) is 0 Å². The first-order chi connectivity index (χ1) is 14.9. The number of nitrogens with two attached hydrogens (primary N) is 1. The van der Waals surface area contributed by atoms with E-state index in [2.05, 4.69) is 24.8 Å². The largest absolute Gasteiger partial charge is 0.440 e. The Kier molecular flexibility index (Phi) is 6.11. The van der Waals surface area contributed by atoms with E-state index in [0.717, 1.165) is 22.3 Å². The third kappa shape index (κ3) is 4.09. The normalized spacial score (nSPS) is 20.6. The number of hydrogen-bond acceptors (Lipinski definition) is 4. The van der Waals surface area contributed by atoms with Crippen molar-refractivity contribution in [2.24, 2.45) is 5.73 Å². The van der Waals surface area contributed by atoms with Gasteiger partial charge in [-0.1, -0.05) is 59.6 Å². The molecular weight excluding hydrogens is 429 g/mol. The van der Waals surface area contributed by atoms with E-state index in [1.54, 1.807) is 0 Å². The molecule has 2 aromatic rings. The first-order valence-corrected chi connectivity index (χ1v) is 10.9. The van der Waals surface area contributed by atoms with Crippen molar-refractivity contribution in [3.63, 3.8) is 0 Å². The van der Waals surface area contributed by atoms with Gasteiger partial charge in [0.1, 0.15) is 17.4 Å². The molecule has 0 saturated heterocycles. The lowest BCUT2D eigenvalue weighted by Crippen LogP contribution is -2.41. The Morgan fingerprint density at radius 1 is 1.10 bits per heavy atom. The quantitative estimate of drug-likeness (QED) is 0.634. The van der Waals surface area contributed by atoms with Gasteiger partial charge in [-0.2, -0.15) is 5.26 Å². The van der Waals surface area contributed by atoms with Crippen molar-refractivity contribution in [3.8, 4) is 6.07 Å². The van der Waals surface area contributed by atoms with E-state index in [1.807, 2.05) is 54.6 Å². The fourth-order valence-electron chi connectivity index (χ4n) is 4.11. The number of allylic oxidation sites excluding steroid dienone is 1.